The van der Waals surface area contributed by atoms with Crippen molar-refractivity contribution in [2.24, 2.45) is 7.05 Å². The summed E-state index contributed by atoms with van der Waals surface area (Å²) < 4.78 is 7.10. The van der Waals surface area contributed by atoms with Gasteiger partial charge in [0.15, 0.2) is 0 Å². The van der Waals surface area contributed by atoms with Gasteiger partial charge in [0.25, 0.3) is 5.91 Å². The first-order valence-electron chi connectivity index (χ1n) is 8.28. The van der Waals surface area contributed by atoms with Gasteiger partial charge in [-0.2, -0.15) is 5.10 Å². The molecule has 1 aliphatic heterocycles. The molecule has 1 aliphatic rings. The Morgan fingerprint density at radius 2 is 2.17 bits per heavy atom. The summed E-state index contributed by atoms with van der Waals surface area (Å²) in [6.45, 7) is 5.88. The molecule has 1 aromatic carbocycles. The van der Waals surface area contributed by atoms with E-state index in [1.54, 1.807) is 24.1 Å². The first-order chi connectivity index (χ1) is 11.6. The molecule has 1 N–H and O–H groups in total. The summed E-state index contributed by atoms with van der Waals surface area (Å²) in [6.07, 6.45) is 3.32. The van der Waals surface area contributed by atoms with E-state index in [4.69, 9.17) is 4.74 Å². The lowest BCUT2D eigenvalue weighted by Gasteiger charge is -2.35. The Kier molecular flexibility index (Phi) is 5.27. The molecule has 2 heterocycles. The summed E-state index contributed by atoms with van der Waals surface area (Å²) in [6, 6.07) is 8.63. The number of carbonyl (C=O) groups excluding carboxylic acids is 1. The van der Waals surface area contributed by atoms with Crippen LogP contribution in [0.3, 0.4) is 0 Å². The monoisotopic (exact) mass is 328 g/mol. The Balaban J connectivity index is 1.73. The van der Waals surface area contributed by atoms with E-state index in [1.807, 2.05) is 0 Å². The minimum Gasteiger partial charge on any atom is -0.379 e. The summed E-state index contributed by atoms with van der Waals surface area (Å²) >= 11 is 0. The molecule has 1 saturated heterocycles. The Morgan fingerprint density at radius 3 is 2.83 bits per heavy atom. The van der Waals surface area contributed by atoms with Crippen LogP contribution in [-0.4, -0.2) is 53.4 Å². The third-order valence-corrected chi connectivity index (χ3v) is 4.34. The van der Waals surface area contributed by atoms with Crippen molar-refractivity contribution < 1.29 is 9.53 Å². The first kappa shape index (κ1) is 16.7. The van der Waals surface area contributed by atoms with Crippen LogP contribution in [-0.2, 0) is 11.8 Å². The van der Waals surface area contributed by atoms with Crippen molar-refractivity contribution in [3.05, 3.63) is 53.3 Å². The van der Waals surface area contributed by atoms with Crippen LogP contribution in [0, 0.1) is 6.92 Å². The molecule has 0 saturated carbocycles. The lowest BCUT2D eigenvalue weighted by atomic mass is 10.0. The van der Waals surface area contributed by atoms with Crippen LogP contribution in [0.1, 0.15) is 27.5 Å². The number of rotatable bonds is 5. The standard InChI is InChI=1S/C18H24N4O2/c1-14-4-3-5-15(10-14)17(22-6-8-24-9-7-22)12-19-18(23)16-11-20-21(2)13-16/h3-5,10-11,13,17H,6-9,12H2,1-2H3,(H,19,23). The molecule has 128 valence electrons. The van der Waals surface area contributed by atoms with Crippen LogP contribution in [0.5, 0.6) is 0 Å². The lowest BCUT2D eigenvalue weighted by Crippen LogP contribution is -2.43. The zero-order valence-electron chi connectivity index (χ0n) is 14.2. The number of morpholine rings is 1. The summed E-state index contributed by atoms with van der Waals surface area (Å²) in [4.78, 5) is 14.7. The molecule has 1 atom stereocenters. The predicted molar refractivity (Wildman–Crippen MR) is 91.9 cm³/mol. The van der Waals surface area contributed by atoms with Crippen molar-refractivity contribution in [2.75, 3.05) is 32.8 Å². The normalized spacial score (nSPS) is 16.8. The van der Waals surface area contributed by atoms with Gasteiger partial charge in [0.1, 0.15) is 0 Å². The van der Waals surface area contributed by atoms with Gasteiger partial charge in [0.05, 0.1) is 31.0 Å². The van der Waals surface area contributed by atoms with Gasteiger partial charge < -0.3 is 10.1 Å². The third kappa shape index (κ3) is 4.01. The van der Waals surface area contributed by atoms with Crippen molar-refractivity contribution in [1.29, 1.82) is 0 Å². The molecular weight excluding hydrogens is 304 g/mol. The molecule has 0 bridgehead atoms. The van der Waals surface area contributed by atoms with Crippen molar-refractivity contribution in [1.82, 2.24) is 20.0 Å². The van der Waals surface area contributed by atoms with Crippen LogP contribution in [0.25, 0.3) is 0 Å². The highest BCUT2D eigenvalue weighted by molar-refractivity contribution is 5.93. The molecular formula is C18H24N4O2. The molecule has 0 spiro atoms. The SMILES string of the molecule is Cc1cccc(C(CNC(=O)c2cnn(C)c2)N2CCOCC2)c1. The summed E-state index contributed by atoms with van der Waals surface area (Å²) in [7, 11) is 1.81. The van der Waals surface area contributed by atoms with E-state index in [9.17, 15) is 4.79 Å². The average molecular weight is 328 g/mol. The molecule has 2 aromatic rings. The fraction of sp³-hybridized carbons (Fsp3) is 0.444. The Bertz CT molecular complexity index is 692. The molecule has 1 aromatic heterocycles. The maximum Gasteiger partial charge on any atom is 0.254 e. The highest BCUT2D eigenvalue weighted by Gasteiger charge is 2.23. The van der Waals surface area contributed by atoms with Gasteiger partial charge in [-0.25, -0.2) is 0 Å². The highest BCUT2D eigenvalue weighted by atomic mass is 16.5. The zero-order chi connectivity index (χ0) is 16.9. The Labute approximate surface area is 142 Å². The average Bonchev–Trinajstić information content (AvgIpc) is 3.02. The number of amides is 1. The fourth-order valence-corrected chi connectivity index (χ4v) is 3.05. The molecule has 6 heteroatoms. The minimum atomic E-state index is -0.0889. The van der Waals surface area contributed by atoms with Gasteiger partial charge in [-0.1, -0.05) is 29.8 Å². The predicted octanol–water partition coefficient (Wildman–Crippen LogP) is 1.53. The molecule has 24 heavy (non-hydrogen) atoms. The van der Waals surface area contributed by atoms with Gasteiger partial charge in [0, 0.05) is 32.9 Å². The van der Waals surface area contributed by atoms with E-state index in [0.29, 0.717) is 12.1 Å². The van der Waals surface area contributed by atoms with Gasteiger partial charge in [-0.05, 0) is 12.5 Å². The molecule has 1 unspecified atom stereocenters. The zero-order valence-corrected chi connectivity index (χ0v) is 14.2. The topological polar surface area (TPSA) is 59.4 Å². The first-order valence-corrected chi connectivity index (χ1v) is 8.28. The molecule has 6 nitrogen and oxygen atoms in total. The summed E-state index contributed by atoms with van der Waals surface area (Å²) in [5.41, 5.74) is 3.04. The van der Waals surface area contributed by atoms with Crippen LogP contribution in [0.2, 0.25) is 0 Å². The molecule has 3 rings (SSSR count). The van der Waals surface area contributed by atoms with Gasteiger partial charge >= 0.3 is 0 Å². The summed E-state index contributed by atoms with van der Waals surface area (Å²) in [5.74, 6) is -0.0889. The van der Waals surface area contributed by atoms with Crippen molar-refractivity contribution >= 4 is 5.91 Å². The highest BCUT2D eigenvalue weighted by Crippen LogP contribution is 2.22. The van der Waals surface area contributed by atoms with Crippen LogP contribution < -0.4 is 5.32 Å². The van der Waals surface area contributed by atoms with Crippen LogP contribution >= 0.6 is 0 Å². The number of carbonyl (C=O) groups is 1. The number of ether oxygens (including phenoxy) is 1. The van der Waals surface area contributed by atoms with Gasteiger partial charge in [0.2, 0.25) is 0 Å². The maximum atomic E-state index is 12.3. The second kappa shape index (κ2) is 7.59. The molecule has 0 aliphatic carbocycles. The van der Waals surface area contributed by atoms with E-state index in [-0.39, 0.29) is 11.9 Å². The summed E-state index contributed by atoms with van der Waals surface area (Å²) in [5, 5.41) is 7.11. The van der Waals surface area contributed by atoms with Crippen LogP contribution in [0.15, 0.2) is 36.7 Å². The number of hydrogen-bond acceptors (Lipinski definition) is 4. The van der Waals surface area contributed by atoms with Crippen molar-refractivity contribution in [3.8, 4) is 0 Å². The van der Waals surface area contributed by atoms with E-state index in [2.05, 4.69) is 46.5 Å². The number of aryl methyl sites for hydroxylation is 2. The van der Waals surface area contributed by atoms with E-state index in [1.165, 1.54) is 11.1 Å². The largest absolute Gasteiger partial charge is 0.379 e. The smallest absolute Gasteiger partial charge is 0.254 e. The quantitative estimate of drug-likeness (QED) is 0.904. The number of hydrogen-bond donors (Lipinski definition) is 1. The Hall–Kier alpha value is -2.18. The number of aromatic nitrogens is 2. The third-order valence-electron chi connectivity index (χ3n) is 4.34. The second-order valence-electron chi connectivity index (χ2n) is 6.19. The Morgan fingerprint density at radius 1 is 1.38 bits per heavy atom. The van der Waals surface area contributed by atoms with Gasteiger partial charge in [-0.3, -0.25) is 14.4 Å². The number of nitrogens with zero attached hydrogens (tertiary/aromatic N) is 3. The molecule has 0 radical (unpaired) electrons. The maximum absolute atomic E-state index is 12.3. The van der Waals surface area contributed by atoms with Crippen LogP contribution in [0.4, 0.5) is 0 Å². The fourth-order valence-electron chi connectivity index (χ4n) is 3.05. The van der Waals surface area contributed by atoms with Gasteiger partial charge in [-0.15, -0.1) is 0 Å². The lowest BCUT2D eigenvalue weighted by molar-refractivity contribution is 0.0162. The number of nitrogens with one attached hydrogen (secondary N) is 1. The molecule has 1 amide bonds. The van der Waals surface area contributed by atoms with Crippen molar-refractivity contribution in [2.45, 2.75) is 13.0 Å². The number of benzene rings is 1. The minimum absolute atomic E-state index is 0.0889. The van der Waals surface area contributed by atoms with Crippen molar-refractivity contribution in [3.63, 3.8) is 0 Å². The second-order valence-corrected chi connectivity index (χ2v) is 6.19. The van der Waals surface area contributed by atoms with E-state index >= 15 is 0 Å². The van der Waals surface area contributed by atoms with E-state index in [0.717, 1.165) is 26.3 Å². The van der Waals surface area contributed by atoms with E-state index < -0.39 is 0 Å². The molecule has 1 fully saturated rings.